The van der Waals surface area contributed by atoms with Gasteiger partial charge in [0.15, 0.2) is 6.29 Å². The summed E-state index contributed by atoms with van der Waals surface area (Å²) in [6, 6.07) is 2.12. The summed E-state index contributed by atoms with van der Waals surface area (Å²) in [7, 11) is 5.30. The molecule has 0 aliphatic carbocycles. The highest BCUT2D eigenvalue weighted by atomic mass is 79.9. The average Bonchev–Trinajstić information content (AvgIpc) is 2.75. The molecule has 0 bridgehead atoms. The van der Waals surface area contributed by atoms with Gasteiger partial charge in [-0.15, -0.1) is 11.3 Å². The quantitative estimate of drug-likeness (QED) is 0.776. The molecule has 0 fully saturated rings. The van der Waals surface area contributed by atoms with E-state index in [-0.39, 0.29) is 11.8 Å². The molecule has 0 amide bonds. The topological polar surface area (TPSA) is 47.7 Å². The normalized spacial score (nSPS) is 15.3. The molecule has 0 aromatic carbocycles. The van der Waals surface area contributed by atoms with E-state index in [1.807, 2.05) is 14.0 Å². The molecule has 4 nitrogen and oxygen atoms in total. The molecule has 1 aromatic heterocycles. The fourth-order valence-corrected chi connectivity index (χ4v) is 3.12. The van der Waals surface area contributed by atoms with Gasteiger partial charge in [-0.1, -0.05) is 0 Å². The van der Waals surface area contributed by atoms with E-state index in [0.717, 1.165) is 10.3 Å². The number of halogens is 1. The number of hydrogen-bond acceptors (Lipinski definition) is 5. The van der Waals surface area contributed by atoms with E-state index in [0.29, 0.717) is 6.54 Å². The summed E-state index contributed by atoms with van der Waals surface area (Å²) < 4.78 is 11.9. The minimum Gasteiger partial charge on any atom is -0.354 e. The Balaban J connectivity index is 2.80. The maximum absolute atomic E-state index is 5.91. The molecule has 104 valence electrons. The number of nitrogens with two attached hydrogens (primary N) is 1. The first-order valence-corrected chi connectivity index (χ1v) is 7.35. The molecule has 18 heavy (non-hydrogen) atoms. The van der Waals surface area contributed by atoms with Crippen molar-refractivity contribution < 1.29 is 9.47 Å². The van der Waals surface area contributed by atoms with Crippen LogP contribution < -0.4 is 5.73 Å². The van der Waals surface area contributed by atoms with Crippen molar-refractivity contribution in [1.82, 2.24) is 4.90 Å². The van der Waals surface area contributed by atoms with Crippen LogP contribution in [0.1, 0.15) is 12.5 Å². The Hall–Kier alpha value is 0.0200. The molecule has 0 aliphatic rings. The van der Waals surface area contributed by atoms with Gasteiger partial charge < -0.3 is 15.2 Å². The van der Waals surface area contributed by atoms with Gasteiger partial charge in [0.1, 0.15) is 0 Å². The Morgan fingerprint density at radius 2 is 2.11 bits per heavy atom. The third-order valence-corrected chi connectivity index (χ3v) is 4.82. The van der Waals surface area contributed by atoms with Crippen molar-refractivity contribution in [3.05, 3.63) is 20.8 Å². The van der Waals surface area contributed by atoms with E-state index < -0.39 is 0 Å². The molecule has 2 N–H and O–H groups in total. The van der Waals surface area contributed by atoms with Gasteiger partial charge in [0.05, 0.1) is 9.33 Å². The van der Waals surface area contributed by atoms with Crippen molar-refractivity contribution in [2.24, 2.45) is 5.73 Å². The average molecular weight is 337 g/mol. The lowest BCUT2D eigenvalue weighted by molar-refractivity contribution is -0.178. The van der Waals surface area contributed by atoms with Gasteiger partial charge in [-0.3, -0.25) is 4.90 Å². The van der Waals surface area contributed by atoms with E-state index in [2.05, 4.69) is 32.3 Å². The van der Waals surface area contributed by atoms with Crippen LogP contribution in [-0.4, -0.2) is 44.5 Å². The Labute approximate surface area is 121 Å². The van der Waals surface area contributed by atoms with Crippen LogP contribution in [0, 0.1) is 0 Å². The van der Waals surface area contributed by atoms with E-state index in [1.165, 1.54) is 5.56 Å². The highest BCUT2D eigenvalue weighted by molar-refractivity contribution is 9.11. The first-order chi connectivity index (χ1) is 8.47. The maximum Gasteiger partial charge on any atom is 0.176 e. The molecule has 1 atom stereocenters. The number of hydrogen-bond donors (Lipinski definition) is 1. The Morgan fingerprint density at radius 3 is 2.50 bits per heavy atom. The third kappa shape index (κ3) is 3.53. The lowest BCUT2D eigenvalue weighted by atomic mass is 9.99. The first-order valence-electron chi connectivity index (χ1n) is 5.67. The zero-order chi connectivity index (χ0) is 13.8. The van der Waals surface area contributed by atoms with Gasteiger partial charge in [0.25, 0.3) is 0 Å². The number of thiophene rings is 1. The van der Waals surface area contributed by atoms with Crippen molar-refractivity contribution >= 4 is 27.3 Å². The molecule has 1 aromatic rings. The van der Waals surface area contributed by atoms with E-state index >= 15 is 0 Å². The van der Waals surface area contributed by atoms with Crippen LogP contribution >= 0.6 is 27.3 Å². The van der Waals surface area contributed by atoms with Gasteiger partial charge >= 0.3 is 0 Å². The second kappa shape index (κ2) is 6.98. The molecule has 6 heteroatoms. The SMILES string of the molecule is COC(OC)C(C)(CN)N(C)Cc1csc(Br)c1. The molecular formula is C12H21BrN2O2S. The van der Waals surface area contributed by atoms with Gasteiger partial charge in [0.2, 0.25) is 0 Å². The van der Waals surface area contributed by atoms with E-state index in [9.17, 15) is 0 Å². The van der Waals surface area contributed by atoms with Crippen molar-refractivity contribution in [2.75, 3.05) is 27.8 Å². The molecule has 1 rings (SSSR count). The zero-order valence-electron chi connectivity index (χ0n) is 11.3. The highest BCUT2D eigenvalue weighted by Crippen LogP contribution is 2.26. The van der Waals surface area contributed by atoms with Gasteiger partial charge in [-0.2, -0.15) is 0 Å². The summed E-state index contributed by atoms with van der Waals surface area (Å²) in [5, 5.41) is 2.13. The summed E-state index contributed by atoms with van der Waals surface area (Å²) in [6.45, 7) is 3.31. The maximum atomic E-state index is 5.91. The van der Waals surface area contributed by atoms with Crippen LogP contribution in [-0.2, 0) is 16.0 Å². The lowest BCUT2D eigenvalue weighted by Gasteiger charge is -2.42. The number of likely N-dealkylation sites (N-methyl/N-ethyl adjacent to an activating group) is 1. The predicted octanol–water partition coefficient (Wildman–Crippen LogP) is 2.28. The second-order valence-electron chi connectivity index (χ2n) is 4.48. The highest BCUT2D eigenvalue weighted by Gasteiger charge is 2.37. The largest absolute Gasteiger partial charge is 0.354 e. The van der Waals surface area contributed by atoms with Gasteiger partial charge in [-0.25, -0.2) is 0 Å². The van der Waals surface area contributed by atoms with Crippen molar-refractivity contribution in [1.29, 1.82) is 0 Å². The molecule has 0 saturated heterocycles. The molecule has 0 spiro atoms. The number of ether oxygens (including phenoxy) is 2. The first kappa shape index (κ1) is 16.1. The Morgan fingerprint density at radius 1 is 1.50 bits per heavy atom. The van der Waals surface area contributed by atoms with E-state index in [1.54, 1.807) is 25.6 Å². The molecule has 1 unspecified atom stereocenters. The molecule has 0 aliphatic heterocycles. The van der Waals surface area contributed by atoms with Crippen molar-refractivity contribution in [3.63, 3.8) is 0 Å². The monoisotopic (exact) mass is 336 g/mol. The Bertz CT molecular complexity index is 371. The molecule has 0 radical (unpaired) electrons. The lowest BCUT2D eigenvalue weighted by Crippen LogP contribution is -2.58. The smallest absolute Gasteiger partial charge is 0.176 e. The van der Waals surface area contributed by atoms with Crippen LogP contribution in [0.5, 0.6) is 0 Å². The second-order valence-corrected chi connectivity index (χ2v) is 6.77. The summed E-state index contributed by atoms with van der Waals surface area (Å²) in [6.07, 6.45) is -0.352. The van der Waals surface area contributed by atoms with Gasteiger partial charge in [-0.05, 0) is 46.9 Å². The fraction of sp³-hybridized carbons (Fsp3) is 0.667. The minimum atomic E-state index is -0.363. The molecule has 0 saturated carbocycles. The summed E-state index contributed by atoms with van der Waals surface area (Å²) >= 11 is 5.15. The zero-order valence-corrected chi connectivity index (χ0v) is 13.7. The number of rotatable bonds is 7. The third-order valence-electron chi connectivity index (χ3n) is 3.26. The van der Waals surface area contributed by atoms with E-state index in [4.69, 9.17) is 15.2 Å². The van der Waals surface area contributed by atoms with Crippen LogP contribution in [0.25, 0.3) is 0 Å². The van der Waals surface area contributed by atoms with Crippen LogP contribution in [0.2, 0.25) is 0 Å². The van der Waals surface area contributed by atoms with Crippen LogP contribution in [0.4, 0.5) is 0 Å². The van der Waals surface area contributed by atoms with Crippen molar-refractivity contribution in [2.45, 2.75) is 25.3 Å². The summed E-state index contributed by atoms with van der Waals surface area (Å²) in [5.41, 5.74) is 6.80. The molecule has 1 heterocycles. The fourth-order valence-electron chi connectivity index (χ4n) is 1.92. The number of methoxy groups -OCH3 is 2. The standard InChI is InChI=1S/C12H21BrN2O2S/c1-12(8-14,11(16-3)17-4)15(2)6-9-5-10(13)18-7-9/h5,7,11H,6,8,14H2,1-4H3. The predicted molar refractivity (Wildman–Crippen MR) is 78.8 cm³/mol. The van der Waals surface area contributed by atoms with Gasteiger partial charge in [0, 0.05) is 27.3 Å². The van der Waals surface area contributed by atoms with Crippen LogP contribution in [0.3, 0.4) is 0 Å². The summed E-state index contributed by atoms with van der Waals surface area (Å²) in [4.78, 5) is 2.17. The minimum absolute atomic E-state index is 0.352. The van der Waals surface area contributed by atoms with Crippen LogP contribution in [0.15, 0.2) is 15.2 Å². The Kier molecular flexibility index (Phi) is 6.23. The summed E-state index contributed by atoms with van der Waals surface area (Å²) in [5.74, 6) is 0. The van der Waals surface area contributed by atoms with Crippen molar-refractivity contribution in [3.8, 4) is 0 Å². The number of nitrogens with zero attached hydrogens (tertiary/aromatic N) is 1. The molecular weight excluding hydrogens is 316 g/mol.